The molecular formula is C18H22FN3O. The first-order chi connectivity index (χ1) is 11.2. The van der Waals surface area contributed by atoms with Crippen LogP contribution in [-0.4, -0.2) is 26.2 Å². The van der Waals surface area contributed by atoms with Gasteiger partial charge in [-0.05, 0) is 24.1 Å². The van der Waals surface area contributed by atoms with Gasteiger partial charge < -0.3 is 15.5 Å². The fourth-order valence-corrected chi connectivity index (χ4v) is 2.24. The number of halogens is 1. The largest absolute Gasteiger partial charge is 0.372 e. The molecule has 0 unspecified atom stereocenters. The van der Waals surface area contributed by atoms with Crippen LogP contribution in [0, 0.1) is 5.82 Å². The van der Waals surface area contributed by atoms with Crippen molar-refractivity contribution in [3.8, 4) is 0 Å². The summed E-state index contributed by atoms with van der Waals surface area (Å²) in [6, 6.07) is 16.2. The van der Waals surface area contributed by atoms with E-state index in [4.69, 9.17) is 0 Å². The second-order valence-corrected chi connectivity index (χ2v) is 5.32. The van der Waals surface area contributed by atoms with Gasteiger partial charge in [0.15, 0.2) is 0 Å². The molecule has 23 heavy (non-hydrogen) atoms. The molecule has 2 aromatic rings. The predicted molar refractivity (Wildman–Crippen MR) is 91.0 cm³/mol. The molecule has 0 aliphatic heterocycles. The fourth-order valence-electron chi connectivity index (χ4n) is 2.24. The molecule has 2 aromatic carbocycles. The van der Waals surface area contributed by atoms with Crippen molar-refractivity contribution in [3.05, 3.63) is 66.0 Å². The van der Waals surface area contributed by atoms with Crippen LogP contribution < -0.4 is 15.5 Å². The first-order valence-corrected chi connectivity index (χ1v) is 7.68. The number of para-hydroxylation sites is 1. The van der Waals surface area contributed by atoms with Crippen molar-refractivity contribution in [1.29, 1.82) is 0 Å². The number of rotatable bonds is 7. The zero-order valence-electron chi connectivity index (χ0n) is 13.3. The average molecular weight is 315 g/mol. The Bertz CT molecular complexity index is 619. The number of benzene rings is 2. The first kappa shape index (κ1) is 16.8. The van der Waals surface area contributed by atoms with Crippen LogP contribution in [0.1, 0.15) is 12.0 Å². The van der Waals surface area contributed by atoms with Crippen molar-refractivity contribution in [2.24, 2.45) is 0 Å². The molecule has 0 saturated carbocycles. The number of anilines is 1. The van der Waals surface area contributed by atoms with Gasteiger partial charge in [0.2, 0.25) is 0 Å². The number of nitrogens with zero attached hydrogens (tertiary/aromatic N) is 1. The molecule has 0 saturated heterocycles. The van der Waals surface area contributed by atoms with Crippen molar-refractivity contribution in [3.63, 3.8) is 0 Å². The van der Waals surface area contributed by atoms with E-state index < -0.39 is 0 Å². The van der Waals surface area contributed by atoms with Crippen molar-refractivity contribution in [2.45, 2.75) is 13.0 Å². The zero-order chi connectivity index (χ0) is 16.5. The lowest BCUT2D eigenvalue weighted by atomic mass is 10.2. The quantitative estimate of drug-likeness (QED) is 0.771. The average Bonchev–Trinajstić information content (AvgIpc) is 2.58. The molecular weight excluding hydrogens is 293 g/mol. The first-order valence-electron chi connectivity index (χ1n) is 7.68. The van der Waals surface area contributed by atoms with Crippen LogP contribution in [0.25, 0.3) is 0 Å². The lowest BCUT2D eigenvalue weighted by molar-refractivity contribution is 0.240. The summed E-state index contributed by atoms with van der Waals surface area (Å²) < 4.78 is 13.6. The molecule has 0 aromatic heterocycles. The summed E-state index contributed by atoms with van der Waals surface area (Å²) >= 11 is 0. The van der Waals surface area contributed by atoms with E-state index in [1.807, 2.05) is 48.3 Å². The molecule has 0 spiro atoms. The molecule has 0 heterocycles. The van der Waals surface area contributed by atoms with Crippen molar-refractivity contribution >= 4 is 11.7 Å². The van der Waals surface area contributed by atoms with E-state index in [0.717, 1.165) is 12.0 Å². The minimum Gasteiger partial charge on any atom is -0.372 e. The number of amides is 2. The van der Waals surface area contributed by atoms with Gasteiger partial charge in [-0.25, -0.2) is 9.18 Å². The van der Waals surface area contributed by atoms with Gasteiger partial charge in [0.1, 0.15) is 5.82 Å². The van der Waals surface area contributed by atoms with Crippen LogP contribution in [0.2, 0.25) is 0 Å². The third-order valence-corrected chi connectivity index (χ3v) is 3.52. The van der Waals surface area contributed by atoms with Crippen LogP contribution in [-0.2, 0) is 6.54 Å². The van der Waals surface area contributed by atoms with Crippen molar-refractivity contribution < 1.29 is 9.18 Å². The lowest BCUT2D eigenvalue weighted by Gasteiger charge is -2.19. The maximum atomic E-state index is 13.6. The van der Waals surface area contributed by atoms with Crippen LogP contribution >= 0.6 is 0 Å². The van der Waals surface area contributed by atoms with Gasteiger partial charge in [-0.2, -0.15) is 0 Å². The van der Waals surface area contributed by atoms with Gasteiger partial charge in [-0.15, -0.1) is 0 Å². The van der Waals surface area contributed by atoms with E-state index in [-0.39, 0.29) is 11.8 Å². The van der Waals surface area contributed by atoms with Gasteiger partial charge in [0.25, 0.3) is 0 Å². The van der Waals surface area contributed by atoms with Crippen LogP contribution in [0.3, 0.4) is 0 Å². The Labute approximate surface area is 136 Å². The summed E-state index contributed by atoms with van der Waals surface area (Å²) in [6.07, 6.45) is 0.740. The smallest absolute Gasteiger partial charge is 0.315 e. The molecule has 5 heteroatoms. The summed E-state index contributed by atoms with van der Waals surface area (Å²) in [6.45, 7) is 1.71. The Kier molecular flexibility index (Phi) is 6.41. The maximum absolute atomic E-state index is 13.6. The number of nitrogens with one attached hydrogen (secondary N) is 2. The molecule has 0 radical (unpaired) electrons. The normalized spacial score (nSPS) is 10.2. The van der Waals surface area contributed by atoms with E-state index >= 15 is 0 Å². The Morgan fingerprint density at radius 2 is 1.74 bits per heavy atom. The molecule has 0 atom stereocenters. The number of urea groups is 1. The Balaban J connectivity index is 1.63. The highest BCUT2D eigenvalue weighted by molar-refractivity contribution is 5.73. The zero-order valence-corrected chi connectivity index (χ0v) is 13.3. The molecule has 0 aliphatic rings. The summed E-state index contributed by atoms with van der Waals surface area (Å²) in [5.74, 6) is -0.233. The molecule has 122 valence electrons. The second kappa shape index (κ2) is 8.78. The number of carbonyl (C=O) groups excluding carboxylic acids is 1. The third-order valence-electron chi connectivity index (χ3n) is 3.52. The summed E-state index contributed by atoms with van der Waals surface area (Å²) in [4.78, 5) is 13.5. The summed E-state index contributed by atoms with van der Waals surface area (Å²) in [7, 11) is 1.84. The van der Waals surface area contributed by atoms with Gasteiger partial charge in [0, 0.05) is 26.7 Å². The molecule has 2 rings (SSSR count). The third kappa shape index (κ3) is 5.62. The van der Waals surface area contributed by atoms with Gasteiger partial charge >= 0.3 is 6.03 Å². The van der Waals surface area contributed by atoms with Gasteiger partial charge in [0.05, 0.1) is 5.69 Å². The SMILES string of the molecule is CN(CCCNC(=O)NCc1ccccc1)c1ccccc1F. The van der Waals surface area contributed by atoms with Crippen LogP contribution in [0.4, 0.5) is 14.9 Å². The van der Waals surface area contributed by atoms with Gasteiger partial charge in [-0.1, -0.05) is 42.5 Å². The molecule has 0 aliphatic carbocycles. The maximum Gasteiger partial charge on any atom is 0.315 e. The predicted octanol–water partition coefficient (Wildman–Crippen LogP) is 3.15. The standard InChI is InChI=1S/C18H22FN3O/c1-22(17-11-6-5-10-16(17)19)13-7-12-20-18(23)21-14-15-8-3-2-4-9-15/h2-6,8-11H,7,12-14H2,1H3,(H2,20,21,23). The highest BCUT2D eigenvalue weighted by Gasteiger charge is 2.06. The highest BCUT2D eigenvalue weighted by Crippen LogP contribution is 2.16. The number of carbonyl (C=O) groups is 1. The Hall–Kier alpha value is -2.56. The van der Waals surface area contributed by atoms with E-state index in [9.17, 15) is 9.18 Å². The Morgan fingerprint density at radius 1 is 1.04 bits per heavy atom. The van der Waals surface area contributed by atoms with Gasteiger partial charge in [-0.3, -0.25) is 0 Å². The Morgan fingerprint density at radius 3 is 2.48 bits per heavy atom. The second-order valence-electron chi connectivity index (χ2n) is 5.32. The molecule has 2 N–H and O–H groups in total. The van der Waals surface area contributed by atoms with Crippen molar-refractivity contribution in [1.82, 2.24) is 10.6 Å². The molecule has 2 amide bonds. The van der Waals surface area contributed by atoms with E-state index in [0.29, 0.717) is 25.3 Å². The number of hydrogen-bond acceptors (Lipinski definition) is 2. The topological polar surface area (TPSA) is 44.4 Å². The molecule has 0 fully saturated rings. The monoisotopic (exact) mass is 315 g/mol. The minimum absolute atomic E-state index is 0.192. The van der Waals surface area contributed by atoms with Crippen LogP contribution in [0.15, 0.2) is 54.6 Å². The van der Waals surface area contributed by atoms with Crippen molar-refractivity contribution in [2.75, 3.05) is 25.0 Å². The van der Waals surface area contributed by atoms with E-state index in [1.54, 1.807) is 12.1 Å². The van der Waals surface area contributed by atoms with E-state index in [2.05, 4.69) is 10.6 Å². The fraction of sp³-hybridized carbons (Fsp3) is 0.278. The summed E-state index contributed by atoms with van der Waals surface area (Å²) in [5.41, 5.74) is 1.63. The summed E-state index contributed by atoms with van der Waals surface area (Å²) in [5, 5.41) is 5.61. The van der Waals surface area contributed by atoms with E-state index in [1.165, 1.54) is 6.07 Å². The highest BCUT2D eigenvalue weighted by atomic mass is 19.1. The lowest BCUT2D eigenvalue weighted by Crippen LogP contribution is -2.36. The minimum atomic E-state index is -0.233. The number of hydrogen-bond donors (Lipinski definition) is 2. The van der Waals surface area contributed by atoms with Crippen LogP contribution in [0.5, 0.6) is 0 Å². The molecule has 0 bridgehead atoms. The molecule has 4 nitrogen and oxygen atoms in total.